The molecule has 2 rings (SSSR count). The van der Waals surface area contributed by atoms with Gasteiger partial charge in [0.25, 0.3) is 0 Å². The van der Waals surface area contributed by atoms with Gasteiger partial charge in [0.1, 0.15) is 11.6 Å². The minimum absolute atomic E-state index is 0.291. The van der Waals surface area contributed by atoms with Crippen LogP contribution in [0, 0.1) is 11.6 Å². The molecule has 144 valence electrons. The van der Waals surface area contributed by atoms with Gasteiger partial charge < -0.3 is 19.9 Å². The number of nitrogens with one attached hydrogen (secondary N) is 1. The predicted molar refractivity (Wildman–Crippen MR) is 96.2 cm³/mol. The van der Waals surface area contributed by atoms with Gasteiger partial charge >= 0.3 is 6.09 Å². The second-order valence-corrected chi connectivity index (χ2v) is 5.89. The SMILES string of the molecule is CCNC(=NCCc1ccc(F)cc1F)N1CCN(C(=O)OCC)CC1. The van der Waals surface area contributed by atoms with Gasteiger partial charge in [-0.3, -0.25) is 4.99 Å². The number of aliphatic imine (C=N–C) groups is 1. The van der Waals surface area contributed by atoms with Crippen LogP contribution >= 0.6 is 0 Å². The minimum Gasteiger partial charge on any atom is -0.450 e. The maximum atomic E-state index is 13.7. The number of hydrogen-bond donors (Lipinski definition) is 1. The summed E-state index contributed by atoms with van der Waals surface area (Å²) in [6.07, 6.45) is 0.102. The maximum Gasteiger partial charge on any atom is 0.409 e. The lowest BCUT2D eigenvalue weighted by Gasteiger charge is -2.35. The standard InChI is InChI=1S/C18H26F2N4O2/c1-3-21-17(22-8-7-14-5-6-15(19)13-16(14)20)23-9-11-24(12-10-23)18(25)26-4-2/h5-6,13H,3-4,7-12H2,1-2H3,(H,21,22). The highest BCUT2D eigenvalue weighted by Crippen LogP contribution is 2.10. The summed E-state index contributed by atoms with van der Waals surface area (Å²) in [6.45, 7) is 7.66. The zero-order chi connectivity index (χ0) is 18.9. The fourth-order valence-electron chi connectivity index (χ4n) is 2.75. The first-order valence-corrected chi connectivity index (χ1v) is 8.94. The third-order valence-corrected chi connectivity index (χ3v) is 4.10. The van der Waals surface area contributed by atoms with Crippen molar-refractivity contribution >= 4 is 12.1 Å². The molecule has 6 nitrogen and oxygen atoms in total. The number of amides is 1. The van der Waals surface area contributed by atoms with E-state index in [2.05, 4.69) is 15.2 Å². The Labute approximate surface area is 152 Å². The Balaban J connectivity index is 1.91. The van der Waals surface area contributed by atoms with Crippen LogP contribution < -0.4 is 5.32 Å². The van der Waals surface area contributed by atoms with E-state index in [-0.39, 0.29) is 6.09 Å². The van der Waals surface area contributed by atoms with Gasteiger partial charge in [-0.15, -0.1) is 0 Å². The van der Waals surface area contributed by atoms with Crippen molar-refractivity contribution in [2.75, 3.05) is 45.9 Å². The van der Waals surface area contributed by atoms with Gasteiger partial charge in [-0.1, -0.05) is 6.07 Å². The number of nitrogens with zero attached hydrogens (tertiary/aromatic N) is 3. The van der Waals surface area contributed by atoms with Crippen LogP contribution in [0.25, 0.3) is 0 Å². The maximum absolute atomic E-state index is 13.7. The van der Waals surface area contributed by atoms with Crippen molar-refractivity contribution in [3.05, 3.63) is 35.4 Å². The van der Waals surface area contributed by atoms with Gasteiger partial charge in [0.15, 0.2) is 5.96 Å². The molecule has 1 heterocycles. The second kappa shape index (κ2) is 9.94. The Morgan fingerprint density at radius 2 is 1.88 bits per heavy atom. The van der Waals surface area contributed by atoms with E-state index in [0.717, 1.165) is 12.0 Å². The third-order valence-electron chi connectivity index (χ3n) is 4.10. The number of halogens is 2. The molecule has 1 aliphatic heterocycles. The van der Waals surface area contributed by atoms with Gasteiger partial charge in [0.05, 0.1) is 6.61 Å². The average Bonchev–Trinajstić information content (AvgIpc) is 2.63. The molecule has 0 bridgehead atoms. The molecule has 0 aliphatic carbocycles. The number of carbonyl (C=O) groups is 1. The lowest BCUT2D eigenvalue weighted by atomic mass is 10.1. The van der Waals surface area contributed by atoms with E-state index in [9.17, 15) is 13.6 Å². The Morgan fingerprint density at radius 1 is 1.19 bits per heavy atom. The molecule has 1 aliphatic rings. The summed E-state index contributed by atoms with van der Waals surface area (Å²) >= 11 is 0. The Morgan fingerprint density at radius 3 is 2.50 bits per heavy atom. The minimum atomic E-state index is -0.581. The van der Waals surface area contributed by atoms with E-state index >= 15 is 0 Å². The number of carbonyl (C=O) groups excluding carboxylic acids is 1. The molecule has 1 aromatic carbocycles. The highest BCUT2D eigenvalue weighted by Gasteiger charge is 2.23. The van der Waals surface area contributed by atoms with Crippen molar-refractivity contribution in [1.29, 1.82) is 0 Å². The first-order chi connectivity index (χ1) is 12.5. The van der Waals surface area contributed by atoms with Crippen LogP contribution in [-0.2, 0) is 11.2 Å². The summed E-state index contributed by atoms with van der Waals surface area (Å²) in [7, 11) is 0. The summed E-state index contributed by atoms with van der Waals surface area (Å²) in [4.78, 5) is 20.0. The second-order valence-electron chi connectivity index (χ2n) is 5.89. The first kappa shape index (κ1) is 19.9. The van der Waals surface area contributed by atoms with Crippen molar-refractivity contribution in [2.45, 2.75) is 20.3 Å². The highest BCUT2D eigenvalue weighted by molar-refractivity contribution is 5.80. The van der Waals surface area contributed by atoms with Crippen molar-refractivity contribution in [3.8, 4) is 0 Å². The third kappa shape index (κ3) is 5.57. The van der Waals surface area contributed by atoms with Crippen LogP contribution in [-0.4, -0.2) is 67.7 Å². The molecule has 0 spiro atoms. The molecule has 26 heavy (non-hydrogen) atoms. The topological polar surface area (TPSA) is 57.2 Å². The quantitative estimate of drug-likeness (QED) is 0.640. The van der Waals surface area contributed by atoms with E-state index < -0.39 is 11.6 Å². The zero-order valence-electron chi connectivity index (χ0n) is 15.3. The van der Waals surface area contributed by atoms with Gasteiger partial charge in [0.2, 0.25) is 0 Å². The normalized spacial score (nSPS) is 15.2. The number of guanidine groups is 1. The smallest absolute Gasteiger partial charge is 0.409 e. The van der Waals surface area contributed by atoms with E-state index in [0.29, 0.717) is 57.9 Å². The van der Waals surface area contributed by atoms with Crippen molar-refractivity contribution in [2.24, 2.45) is 4.99 Å². The lowest BCUT2D eigenvalue weighted by Crippen LogP contribution is -2.54. The van der Waals surface area contributed by atoms with Crippen LogP contribution in [0.1, 0.15) is 19.4 Å². The number of rotatable bonds is 5. The van der Waals surface area contributed by atoms with Crippen LogP contribution in [0.2, 0.25) is 0 Å². The highest BCUT2D eigenvalue weighted by atomic mass is 19.1. The summed E-state index contributed by atoms with van der Waals surface area (Å²) in [5.74, 6) is -0.394. The van der Waals surface area contributed by atoms with Crippen LogP contribution in [0.15, 0.2) is 23.2 Å². The average molecular weight is 368 g/mol. The van der Waals surface area contributed by atoms with Gasteiger partial charge in [0, 0.05) is 45.3 Å². The van der Waals surface area contributed by atoms with Gasteiger partial charge in [-0.2, -0.15) is 0 Å². The van der Waals surface area contributed by atoms with Crippen molar-refractivity contribution in [3.63, 3.8) is 0 Å². The summed E-state index contributed by atoms with van der Waals surface area (Å²) in [5, 5.41) is 3.22. The molecule has 1 aromatic rings. The van der Waals surface area contributed by atoms with Crippen molar-refractivity contribution < 1.29 is 18.3 Å². The Kier molecular flexibility index (Phi) is 7.62. The molecule has 1 N–H and O–H groups in total. The fraction of sp³-hybridized carbons (Fsp3) is 0.556. The van der Waals surface area contributed by atoms with E-state index in [1.807, 2.05) is 6.92 Å². The molecule has 1 saturated heterocycles. The number of ether oxygens (including phenoxy) is 1. The molecule has 0 aromatic heterocycles. The molecule has 0 saturated carbocycles. The zero-order valence-corrected chi connectivity index (χ0v) is 15.3. The van der Waals surface area contributed by atoms with Crippen LogP contribution in [0.4, 0.5) is 13.6 Å². The molecular weight excluding hydrogens is 342 g/mol. The van der Waals surface area contributed by atoms with Crippen LogP contribution in [0.5, 0.6) is 0 Å². The van der Waals surface area contributed by atoms with E-state index in [1.54, 1.807) is 11.8 Å². The molecule has 1 fully saturated rings. The number of piperazine rings is 1. The lowest BCUT2D eigenvalue weighted by molar-refractivity contribution is 0.0914. The van der Waals surface area contributed by atoms with Crippen LogP contribution in [0.3, 0.4) is 0 Å². The Hall–Kier alpha value is -2.38. The Bertz CT molecular complexity index is 632. The van der Waals surface area contributed by atoms with Gasteiger partial charge in [-0.05, 0) is 31.9 Å². The number of hydrogen-bond acceptors (Lipinski definition) is 3. The summed E-state index contributed by atoms with van der Waals surface area (Å²) in [6, 6.07) is 3.59. The fourth-order valence-corrected chi connectivity index (χ4v) is 2.75. The summed E-state index contributed by atoms with van der Waals surface area (Å²) in [5.41, 5.74) is 0.443. The molecule has 0 unspecified atom stereocenters. The first-order valence-electron chi connectivity index (χ1n) is 8.94. The molecule has 8 heteroatoms. The largest absolute Gasteiger partial charge is 0.450 e. The number of benzene rings is 1. The molecule has 0 radical (unpaired) electrons. The monoisotopic (exact) mass is 368 g/mol. The van der Waals surface area contributed by atoms with Crippen molar-refractivity contribution in [1.82, 2.24) is 15.1 Å². The molecule has 1 amide bonds. The molecule has 0 atom stereocenters. The van der Waals surface area contributed by atoms with E-state index in [4.69, 9.17) is 4.74 Å². The van der Waals surface area contributed by atoms with Gasteiger partial charge in [-0.25, -0.2) is 13.6 Å². The molecular formula is C18H26F2N4O2. The van der Waals surface area contributed by atoms with E-state index in [1.165, 1.54) is 12.1 Å². The summed E-state index contributed by atoms with van der Waals surface area (Å²) < 4.78 is 31.7. The predicted octanol–water partition coefficient (Wildman–Crippen LogP) is 2.25.